The second-order valence-electron chi connectivity index (χ2n) is 5.85. The zero-order chi connectivity index (χ0) is 17.3. The summed E-state index contributed by atoms with van der Waals surface area (Å²) in [6.07, 6.45) is 0. The van der Waals surface area contributed by atoms with Gasteiger partial charge in [-0.25, -0.2) is 0 Å². The van der Waals surface area contributed by atoms with Crippen LogP contribution in [0.3, 0.4) is 0 Å². The standard InChI is InChI=1S/C20H18N2O2/c1-12-5-7-15(8-6-12)20-17(11-21)19(22-24-20)18-13(2)9-16(23-4)10-14(18)3/h5-10H,1-4H3. The topological polar surface area (TPSA) is 59.1 Å². The van der Waals surface area contributed by atoms with Crippen molar-refractivity contribution in [1.82, 2.24) is 5.16 Å². The third-order valence-electron chi connectivity index (χ3n) is 4.10. The van der Waals surface area contributed by atoms with Crippen LogP contribution in [0.2, 0.25) is 0 Å². The molecular weight excluding hydrogens is 300 g/mol. The summed E-state index contributed by atoms with van der Waals surface area (Å²) in [6.45, 7) is 5.98. The molecule has 0 aliphatic heterocycles. The van der Waals surface area contributed by atoms with Crippen LogP contribution in [0, 0.1) is 32.1 Å². The van der Waals surface area contributed by atoms with Crippen LogP contribution in [0.4, 0.5) is 0 Å². The SMILES string of the molecule is COc1cc(C)c(-c2noc(-c3ccc(C)cc3)c2C#N)c(C)c1. The van der Waals surface area contributed by atoms with Crippen LogP contribution in [0.15, 0.2) is 40.9 Å². The Bertz CT molecular complexity index is 908. The Hall–Kier alpha value is -3.06. The molecule has 0 amide bonds. The first-order valence-electron chi connectivity index (χ1n) is 7.67. The molecule has 3 rings (SSSR count). The van der Waals surface area contributed by atoms with Crippen molar-refractivity contribution < 1.29 is 9.26 Å². The van der Waals surface area contributed by atoms with Crippen molar-refractivity contribution in [3.05, 3.63) is 58.7 Å². The third-order valence-corrected chi connectivity index (χ3v) is 4.10. The van der Waals surface area contributed by atoms with E-state index in [-0.39, 0.29) is 0 Å². The molecule has 24 heavy (non-hydrogen) atoms. The molecule has 0 atom stereocenters. The van der Waals surface area contributed by atoms with E-state index in [2.05, 4.69) is 11.2 Å². The van der Waals surface area contributed by atoms with Crippen molar-refractivity contribution in [2.24, 2.45) is 0 Å². The molecule has 3 aromatic rings. The van der Waals surface area contributed by atoms with Crippen LogP contribution < -0.4 is 4.74 Å². The number of nitrogens with zero attached hydrogens (tertiary/aromatic N) is 2. The summed E-state index contributed by atoms with van der Waals surface area (Å²) in [4.78, 5) is 0. The molecule has 0 fully saturated rings. The average molecular weight is 318 g/mol. The lowest BCUT2D eigenvalue weighted by atomic mass is 9.95. The van der Waals surface area contributed by atoms with E-state index >= 15 is 0 Å². The summed E-state index contributed by atoms with van der Waals surface area (Å²) < 4.78 is 10.8. The van der Waals surface area contributed by atoms with Crippen molar-refractivity contribution in [2.75, 3.05) is 7.11 Å². The number of hydrogen-bond donors (Lipinski definition) is 0. The minimum atomic E-state index is 0.454. The van der Waals surface area contributed by atoms with Gasteiger partial charge in [0.05, 0.1) is 7.11 Å². The molecule has 0 saturated carbocycles. The quantitative estimate of drug-likeness (QED) is 0.695. The molecule has 120 valence electrons. The first kappa shape index (κ1) is 15.8. The van der Waals surface area contributed by atoms with Crippen LogP contribution in [-0.4, -0.2) is 12.3 Å². The first-order chi connectivity index (χ1) is 11.5. The Morgan fingerprint density at radius 1 is 1.04 bits per heavy atom. The highest BCUT2D eigenvalue weighted by atomic mass is 16.5. The number of nitriles is 1. The number of ether oxygens (including phenoxy) is 1. The van der Waals surface area contributed by atoms with Gasteiger partial charge in [0.25, 0.3) is 0 Å². The average Bonchev–Trinajstić information content (AvgIpc) is 2.98. The summed E-state index contributed by atoms with van der Waals surface area (Å²) in [5.41, 5.74) is 5.92. The molecular formula is C20H18N2O2. The van der Waals surface area contributed by atoms with Crippen molar-refractivity contribution in [2.45, 2.75) is 20.8 Å². The van der Waals surface area contributed by atoms with E-state index in [1.165, 1.54) is 0 Å². The van der Waals surface area contributed by atoms with Gasteiger partial charge < -0.3 is 9.26 Å². The molecule has 0 saturated heterocycles. The zero-order valence-electron chi connectivity index (χ0n) is 14.2. The Morgan fingerprint density at radius 2 is 1.67 bits per heavy atom. The largest absolute Gasteiger partial charge is 0.497 e. The summed E-state index contributed by atoms with van der Waals surface area (Å²) in [5, 5.41) is 13.9. The predicted molar refractivity (Wildman–Crippen MR) is 92.9 cm³/mol. The van der Waals surface area contributed by atoms with Gasteiger partial charge in [-0.05, 0) is 44.0 Å². The van der Waals surface area contributed by atoms with Gasteiger partial charge in [0, 0.05) is 11.1 Å². The summed E-state index contributed by atoms with van der Waals surface area (Å²) in [5.74, 6) is 1.29. The van der Waals surface area contributed by atoms with E-state index in [0.717, 1.165) is 33.6 Å². The predicted octanol–water partition coefficient (Wildman–Crippen LogP) is 4.81. The van der Waals surface area contributed by atoms with Gasteiger partial charge in [-0.15, -0.1) is 0 Å². The second-order valence-corrected chi connectivity index (χ2v) is 5.85. The van der Waals surface area contributed by atoms with Crippen LogP contribution in [0.1, 0.15) is 22.3 Å². The lowest BCUT2D eigenvalue weighted by Gasteiger charge is -2.10. The zero-order valence-corrected chi connectivity index (χ0v) is 14.2. The first-order valence-corrected chi connectivity index (χ1v) is 7.67. The van der Waals surface area contributed by atoms with Gasteiger partial charge in [0.15, 0.2) is 5.76 Å². The fraction of sp³-hybridized carbons (Fsp3) is 0.200. The third kappa shape index (κ3) is 2.65. The van der Waals surface area contributed by atoms with E-state index in [0.29, 0.717) is 17.0 Å². The van der Waals surface area contributed by atoms with Crippen molar-refractivity contribution in [3.63, 3.8) is 0 Å². The van der Waals surface area contributed by atoms with Gasteiger partial charge >= 0.3 is 0 Å². The van der Waals surface area contributed by atoms with Gasteiger partial charge in [-0.3, -0.25) is 0 Å². The number of aromatic nitrogens is 1. The summed E-state index contributed by atoms with van der Waals surface area (Å²) in [6, 6.07) is 14.0. The minimum absolute atomic E-state index is 0.454. The molecule has 0 spiro atoms. The molecule has 0 unspecified atom stereocenters. The maximum atomic E-state index is 9.67. The molecule has 4 heteroatoms. The van der Waals surface area contributed by atoms with Crippen molar-refractivity contribution in [3.8, 4) is 34.4 Å². The number of methoxy groups -OCH3 is 1. The Morgan fingerprint density at radius 3 is 2.21 bits per heavy atom. The summed E-state index contributed by atoms with van der Waals surface area (Å²) >= 11 is 0. The number of benzene rings is 2. The van der Waals surface area contributed by atoms with E-state index in [1.54, 1.807) is 7.11 Å². The van der Waals surface area contributed by atoms with Crippen LogP contribution in [-0.2, 0) is 0 Å². The fourth-order valence-corrected chi connectivity index (χ4v) is 2.88. The normalized spacial score (nSPS) is 10.5. The van der Waals surface area contributed by atoms with Crippen LogP contribution in [0.25, 0.3) is 22.6 Å². The monoisotopic (exact) mass is 318 g/mol. The smallest absolute Gasteiger partial charge is 0.185 e. The van der Waals surface area contributed by atoms with E-state index in [1.807, 2.05) is 57.2 Å². The highest BCUT2D eigenvalue weighted by molar-refractivity contribution is 5.79. The fourth-order valence-electron chi connectivity index (χ4n) is 2.88. The van der Waals surface area contributed by atoms with Gasteiger partial charge in [0.2, 0.25) is 0 Å². The lowest BCUT2D eigenvalue weighted by molar-refractivity contribution is 0.414. The molecule has 1 aromatic heterocycles. The molecule has 1 heterocycles. The van der Waals surface area contributed by atoms with E-state index in [4.69, 9.17) is 9.26 Å². The molecule has 0 radical (unpaired) electrons. The number of hydrogen-bond acceptors (Lipinski definition) is 4. The van der Waals surface area contributed by atoms with Crippen molar-refractivity contribution >= 4 is 0 Å². The van der Waals surface area contributed by atoms with E-state index < -0.39 is 0 Å². The molecule has 0 bridgehead atoms. The maximum Gasteiger partial charge on any atom is 0.185 e. The lowest BCUT2D eigenvalue weighted by Crippen LogP contribution is -1.93. The van der Waals surface area contributed by atoms with Crippen LogP contribution >= 0.6 is 0 Å². The molecule has 4 nitrogen and oxygen atoms in total. The molecule has 0 N–H and O–H groups in total. The second kappa shape index (κ2) is 6.21. The van der Waals surface area contributed by atoms with Crippen molar-refractivity contribution in [1.29, 1.82) is 5.26 Å². The van der Waals surface area contributed by atoms with Crippen LogP contribution in [0.5, 0.6) is 5.75 Å². The molecule has 2 aromatic carbocycles. The summed E-state index contributed by atoms with van der Waals surface area (Å²) in [7, 11) is 1.64. The Labute approximate surface area is 141 Å². The van der Waals surface area contributed by atoms with E-state index in [9.17, 15) is 5.26 Å². The molecule has 0 aliphatic carbocycles. The Kier molecular flexibility index (Phi) is 4.09. The highest BCUT2D eigenvalue weighted by Gasteiger charge is 2.22. The van der Waals surface area contributed by atoms with Gasteiger partial charge in [-0.1, -0.05) is 35.0 Å². The number of rotatable bonds is 3. The van der Waals surface area contributed by atoms with Gasteiger partial charge in [-0.2, -0.15) is 5.26 Å². The van der Waals surface area contributed by atoms with Gasteiger partial charge in [0.1, 0.15) is 23.1 Å². The minimum Gasteiger partial charge on any atom is -0.497 e. The molecule has 0 aliphatic rings. The Balaban J connectivity index is 2.18. The highest BCUT2D eigenvalue weighted by Crippen LogP contribution is 2.36. The maximum absolute atomic E-state index is 9.67. The number of aryl methyl sites for hydroxylation is 3.